The molecule has 2 aromatic rings. The van der Waals surface area contributed by atoms with Gasteiger partial charge in [0.1, 0.15) is 23.0 Å². The van der Waals surface area contributed by atoms with Crippen LogP contribution in [0.1, 0.15) is 44.9 Å². The smallest absolute Gasteiger partial charge is 0.407 e. The van der Waals surface area contributed by atoms with Gasteiger partial charge in [-0.1, -0.05) is 6.42 Å². The van der Waals surface area contributed by atoms with Gasteiger partial charge in [0.15, 0.2) is 0 Å². The highest BCUT2D eigenvalue weighted by Gasteiger charge is 2.38. The number of aromatic nitrogens is 1. The first-order valence-electron chi connectivity index (χ1n) is 9.35. The number of rotatable bonds is 6. The van der Waals surface area contributed by atoms with Crippen LogP contribution in [0.25, 0.3) is 10.6 Å². The molecule has 0 radical (unpaired) electrons. The van der Waals surface area contributed by atoms with Crippen LogP contribution in [0.2, 0.25) is 0 Å². The number of hydrogen-bond acceptors (Lipinski definition) is 6. The summed E-state index contributed by atoms with van der Waals surface area (Å²) >= 11 is 1.52. The highest BCUT2D eigenvalue weighted by molar-refractivity contribution is 7.15. The molecule has 1 heterocycles. The van der Waals surface area contributed by atoms with Crippen LogP contribution in [0.15, 0.2) is 30.5 Å². The minimum atomic E-state index is -0.516. The molecule has 1 aromatic carbocycles. The van der Waals surface area contributed by atoms with Crippen LogP contribution >= 0.6 is 11.3 Å². The third kappa shape index (κ3) is 5.23. The van der Waals surface area contributed by atoms with Crippen molar-refractivity contribution in [1.82, 2.24) is 10.3 Å². The Bertz CT molecular complexity index is 858. The van der Waals surface area contributed by atoms with Gasteiger partial charge in [0, 0.05) is 16.6 Å². The van der Waals surface area contributed by atoms with E-state index < -0.39 is 11.7 Å². The first-order chi connectivity index (χ1) is 13.3. The normalized spacial score (nSPS) is 15.2. The molecule has 0 saturated heterocycles. The van der Waals surface area contributed by atoms with Crippen molar-refractivity contribution in [2.45, 2.75) is 52.2 Å². The predicted molar refractivity (Wildman–Crippen MR) is 108 cm³/mol. The molecule has 1 fully saturated rings. The molecule has 1 saturated carbocycles. The van der Waals surface area contributed by atoms with Gasteiger partial charge in [-0.15, -0.1) is 11.3 Å². The summed E-state index contributed by atoms with van der Waals surface area (Å²) in [4.78, 5) is 17.1. The molecule has 0 unspecified atom stereocenters. The Morgan fingerprint density at radius 3 is 2.61 bits per heavy atom. The standard InChI is InChI=1S/C21H25N3O3S/c1-20(2,3)27-19(25)24-12-17-11-23-18(28-17)15-5-7-16(8-6-15)26-14-21(13-22)9-4-10-21/h5-8,11H,4,9-10,12,14H2,1-3H3,(H,24,25). The lowest BCUT2D eigenvalue weighted by atomic mass is 9.71. The third-order valence-electron chi connectivity index (χ3n) is 4.52. The average Bonchev–Trinajstić information content (AvgIpc) is 3.07. The van der Waals surface area contributed by atoms with E-state index in [1.807, 2.05) is 45.0 Å². The molecule has 0 aliphatic heterocycles. The van der Waals surface area contributed by atoms with E-state index in [-0.39, 0.29) is 5.41 Å². The molecular formula is C21H25N3O3S. The summed E-state index contributed by atoms with van der Waals surface area (Å²) in [5.41, 5.74) is 0.168. The summed E-state index contributed by atoms with van der Waals surface area (Å²) < 4.78 is 11.0. The molecular weight excluding hydrogens is 374 g/mol. The molecule has 28 heavy (non-hydrogen) atoms. The van der Waals surface area contributed by atoms with E-state index in [4.69, 9.17) is 9.47 Å². The van der Waals surface area contributed by atoms with Crippen molar-refractivity contribution >= 4 is 17.4 Å². The lowest BCUT2D eigenvalue weighted by Crippen LogP contribution is -2.34. The largest absolute Gasteiger partial charge is 0.492 e. The zero-order valence-corrected chi connectivity index (χ0v) is 17.3. The average molecular weight is 400 g/mol. The van der Waals surface area contributed by atoms with Gasteiger partial charge < -0.3 is 14.8 Å². The van der Waals surface area contributed by atoms with E-state index in [1.54, 1.807) is 6.20 Å². The number of nitriles is 1. The maximum atomic E-state index is 11.7. The number of nitrogens with one attached hydrogen (secondary N) is 1. The molecule has 0 spiro atoms. The van der Waals surface area contributed by atoms with E-state index >= 15 is 0 Å². The highest BCUT2D eigenvalue weighted by Crippen LogP contribution is 2.40. The minimum absolute atomic E-state index is 0.302. The summed E-state index contributed by atoms with van der Waals surface area (Å²) in [6.45, 7) is 6.32. The Balaban J connectivity index is 1.53. The van der Waals surface area contributed by atoms with Crippen molar-refractivity contribution in [3.8, 4) is 22.4 Å². The molecule has 1 aromatic heterocycles. The third-order valence-corrected chi connectivity index (χ3v) is 5.57. The Labute approximate surface area is 169 Å². The van der Waals surface area contributed by atoms with Crippen LogP contribution in [0.4, 0.5) is 4.79 Å². The van der Waals surface area contributed by atoms with E-state index in [0.717, 1.165) is 40.5 Å². The fourth-order valence-electron chi connectivity index (χ4n) is 2.80. The van der Waals surface area contributed by atoms with Gasteiger partial charge in [-0.3, -0.25) is 0 Å². The quantitative estimate of drug-likeness (QED) is 0.746. The summed E-state index contributed by atoms with van der Waals surface area (Å²) in [6.07, 6.45) is 4.26. The SMILES string of the molecule is CC(C)(C)OC(=O)NCc1cnc(-c2ccc(OCC3(C#N)CCC3)cc2)s1. The van der Waals surface area contributed by atoms with Gasteiger partial charge >= 0.3 is 6.09 Å². The molecule has 0 bridgehead atoms. The molecule has 7 heteroatoms. The summed E-state index contributed by atoms with van der Waals surface area (Å²) in [7, 11) is 0. The fourth-order valence-corrected chi connectivity index (χ4v) is 3.66. The molecule has 1 aliphatic carbocycles. The van der Waals surface area contributed by atoms with E-state index in [9.17, 15) is 10.1 Å². The number of nitrogens with zero attached hydrogens (tertiary/aromatic N) is 2. The molecule has 1 N–H and O–H groups in total. The van der Waals surface area contributed by atoms with Crippen LogP contribution < -0.4 is 10.1 Å². The lowest BCUT2D eigenvalue weighted by molar-refractivity contribution is 0.0524. The Morgan fingerprint density at radius 1 is 1.32 bits per heavy atom. The van der Waals surface area contributed by atoms with Gasteiger partial charge in [0.05, 0.1) is 18.0 Å². The lowest BCUT2D eigenvalue weighted by Gasteiger charge is -2.34. The number of hydrogen-bond donors (Lipinski definition) is 1. The minimum Gasteiger partial charge on any atom is -0.492 e. The molecule has 0 atom stereocenters. The monoisotopic (exact) mass is 399 g/mol. The number of ether oxygens (including phenoxy) is 2. The number of thiazole rings is 1. The van der Waals surface area contributed by atoms with Crippen LogP contribution in [0, 0.1) is 16.7 Å². The predicted octanol–water partition coefficient (Wildman–Crippen LogP) is 4.91. The number of amides is 1. The molecule has 6 nitrogen and oxygen atoms in total. The Hall–Kier alpha value is -2.59. The Kier molecular flexibility index (Phi) is 5.90. The van der Waals surface area contributed by atoms with Crippen LogP contribution in [0.3, 0.4) is 0 Å². The van der Waals surface area contributed by atoms with Crippen molar-refractivity contribution in [2.24, 2.45) is 5.41 Å². The number of carbonyl (C=O) groups excluding carboxylic acids is 1. The van der Waals surface area contributed by atoms with E-state index in [2.05, 4.69) is 16.4 Å². The zero-order chi connectivity index (χ0) is 20.2. The molecule has 1 aliphatic rings. The summed E-state index contributed by atoms with van der Waals surface area (Å²) in [5, 5.41) is 12.9. The highest BCUT2D eigenvalue weighted by atomic mass is 32.1. The second-order valence-corrected chi connectivity index (χ2v) is 9.16. The van der Waals surface area contributed by atoms with Crippen LogP contribution in [-0.4, -0.2) is 23.3 Å². The van der Waals surface area contributed by atoms with Crippen molar-refractivity contribution < 1.29 is 14.3 Å². The van der Waals surface area contributed by atoms with Gasteiger partial charge in [-0.2, -0.15) is 5.26 Å². The Morgan fingerprint density at radius 2 is 2.04 bits per heavy atom. The number of alkyl carbamates (subject to hydrolysis) is 1. The van der Waals surface area contributed by atoms with E-state index in [1.165, 1.54) is 11.3 Å². The van der Waals surface area contributed by atoms with Gasteiger partial charge in [-0.05, 0) is 57.9 Å². The molecule has 3 rings (SSSR count). The van der Waals surface area contributed by atoms with Crippen LogP contribution in [0.5, 0.6) is 5.75 Å². The summed E-state index contributed by atoms with van der Waals surface area (Å²) in [5.74, 6) is 0.758. The second kappa shape index (κ2) is 8.19. The van der Waals surface area contributed by atoms with Crippen molar-refractivity contribution in [1.29, 1.82) is 5.26 Å². The van der Waals surface area contributed by atoms with Crippen molar-refractivity contribution in [3.05, 3.63) is 35.3 Å². The second-order valence-electron chi connectivity index (χ2n) is 8.05. The topological polar surface area (TPSA) is 84.2 Å². The first-order valence-corrected chi connectivity index (χ1v) is 10.2. The molecule has 1 amide bonds. The maximum absolute atomic E-state index is 11.7. The molecule has 148 valence electrons. The van der Waals surface area contributed by atoms with Crippen molar-refractivity contribution in [3.63, 3.8) is 0 Å². The van der Waals surface area contributed by atoms with Crippen molar-refractivity contribution in [2.75, 3.05) is 6.61 Å². The van der Waals surface area contributed by atoms with Gasteiger partial charge in [-0.25, -0.2) is 9.78 Å². The van der Waals surface area contributed by atoms with E-state index in [0.29, 0.717) is 13.2 Å². The number of benzene rings is 1. The summed E-state index contributed by atoms with van der Waals surface area (Å²) in [6, 6.07) is 10.1. The van der Waals surface area contributed by atoms with Gasteiger partial charge in [0.25, 0.3) is 0 Å². The first kappa shape index (κ1) is 20.2. The van der Waals surface area contributed by atoms with Crippen LogP contribution in [-0.2, 0) is 11.3 Å². The fraction of sp³-hybridized carbons (Fsp3) is 0.476. The zero-order valence-electron chi connectivity index (χ0n) is 16.4. The van der Waals surface area contributed by atoms with Gasteiger partial charge in [0.2, 0.25) is 0 Å². The maximum Gasteiger partial charge on any atom is 0.407 e. The number of carbonyl (C=O) groups is 1.